The van der Waals surface area contributed by atoms with E-state index in [1.165, 1.54) is 13.2 Å². The van der Waals surface area contributed by atoms with Gasteiger partial charge < -0.3 is 14.2 Å². The minimum absolute atomic E-state index is 0.149. The second kappa shape index (κ2) is 10.0. The molecule has 0 N–H and O–H groups in total. The molecule has 0 bridgehead atoms. The number of hydrogen-bond donors (Lipinski definition) is 0. The molecule has 0 radical (unpaired) electrons. The standard InChI is InChI=1S/C27H22BrFO4/c1-31-21-9-11-23-18(15-21)5-10-22(19-6-12-25(32-2)24(29)16-19)26(23)27(30)17-3-7-20(8-4-17)33-14-13-28/h3-12,15-16H,13-14H2,1-2H3. The lowest BCUT2D eigenvalue weighted by atomic mass is 9.89. The first-order valence-electron chi connectivity index (χ1n) is 10.3. The Balaban J connectivity index is 1.87. The summed E-state index contributed by atoms with van der Waals surface area (Å²) in [6, 6.07) is 21.0. The van der Waals surface area contributed by atoms with Crippen LogP contribution in [0.3, 0.4) is 0 Å². The summed E-state index contributed by atoms with van der Waals surface area (Å²) in [6.45, 7) is 0.533. The van der Waals surface area contributed by atoms with Crippen LogP contribution in [0.15, 0.2) is 72.8 Å². The van der Waals surface area contributed by atoms with Gasteiger partial charge in [-0.1, -0.05) is 34.1 Å². The molecule has 0 aliphatic rings. The number of alkyl halides is 1. The summed E-state index contributed by atoms with van der Waals surface area (Å²) >= 11 is 3.33. The van der Waals surface area contributed by atoms with E-state index in [2.05, 4.69) is 15.9 Å². The van der Waals surface area contributed by atoms with Crippen molar-refractivity contribution in [3.63, 3.8) is 0 Å². The van der Waals surface area contributed by atoms with Crippen LogP contribution in [0.25, 0.3) is 21.9 Å². The summed E-state index contributed by atoms with van der Waals surface area (Å²) in [7, 11) is 3.02. The Hall–Kier alpha value is -3.38. The molecule has 4 rings (SSSR count). The van der Waals surface area contributed by atoms with Gasteiger partial charge in [-0.2, -0.15) is 0 Å². The zero-order chi connectivity index (χ0) is 23.4. The van der Waals surface area contributed by atoms with Gasteiger partial charge in [-0.15, -0.1) is 0 Å². The number of ketones is 1. The highest BCUT2D eigenvalue weighted by atomic mass is 79.9. The van der Waals surface area contributed by atoms with Crippen molar-refractivity contribution in [3.8, 4) is 28.4 Å². The average molecular weight is 509 g/mol. The Bertz CT molecular complexity index is 1300. The molecule has 168 valence electrons. The highest BCUT2D eigenvalue weighted by Gasteiger charge is 2.20. The highest BCUT2D eigenvalue weighted by molar-refractivity contribution is 9.09. The maximum atomic E-state index is 14.5. The number of methoxy groups -OCH3 is 2. The van der Waals surface area contributed by atoms with Crippen molar-refractivity contribution in [2.75, 3.05) is 26.2 Å². The molecule has 0 spiro atoms. The Kier molecular flexibility index (Phi) is 6.94. The smallest absolute Gasteiger partial charge is 0.194 e. The molecule has 0 saturated carbocycles. The van der Waals surface area contributed by atoms with Gasteiger partial charge >= 0.3 is 0 Å². The molecule has 33 heavy (non-hydrogen) atoms. The van der Waals surface area contributed by atoms with Gasteiger partial charge in [-0.05, 0) is 76.5 Å². The van der Waals surface area contributed by atoms with Crippen LogP contribution in [0.2, 0.25) is 0 Å². The molecule has 0 unspecified atom stereocenters. The minimum atomic E-state index is -0.489. The summed E-state index contributed by atoms with van der Waals surface area (Å²) in [5.41, 5.74) is 2.24. The summed E-state index contributed by atoms with van der Waals surface area (Å²) in [6.07, 6.45) is 0. The van der Waals surface area contributed by atoms with Crippen LogP contribution < -0.4 is 14.2 Å². The molecule has 0 heterocycles. The lowest BCUT2D eigenvalue weighted by Gasteiger charge is -2.15. The van der Waals surface area contributed by atoms with Crippen LogP contribution in [-0.4, -0.2) is 31.9 Å². The zero-order valence-corrected chi connectivity index (χ0v) is 19.8. The van der Waals surface area contributed by atoms with Gasteiger partial charge in [0.2, 0.25) is 0 Å². The summed E-state index contributed by atoms with van der Waals surface area (Å²) in [5.74, 6) is 0.875. The van der Waals surface area contributed by atoms with E-state index in [1.807, 2.05) is 30.3 Å². The number of carbonyl (C=O) groups is 1. The summed E-state index contributed by atoms with van der Waals surface area (Å²) in [4.78, 5) is 13.7. The topological polar surface area (TPSA) is 44.8 Å². The van der Waals surface area contributed by atoms with Gasteiger partial charge in [0.25, 0.3) is 0 Å². The molecule has 0 atom stereocenters. The van der Waals surface area contributed by atoms with Crippen LogP contribution in [0.1, 0.15) is 15.9 Å². The van der Waals surface area contributed by atoms with Crippen LogP contribution in [0.5, 0.6) is 17.2 Å². The Morgan fingerprint density at radius 3 is 2.30 bits per heavy atom. The Morgan fingerprint density at radius 2 is 1.64 bits per heavy atom. The van der Waals surface area contributed by atoms with Crippen molar-refractivity contribution >= 4 is 32.5 Å². The van der Waals surface area contributed by atoms with Gasteiger partial charge in [-0.25, -0.2) is 4.39 Å². The number of carbonyl (C=O) groups excluding carboxylic acids is 1. The molecule has 0 saturated heterocycles. The monoisotopic (exact) mass is 508 g/mol. The minimum Gasteiger partial charge on any atom is -0.497 e. The van der Waals surface area contributed by atoms with Gasteiger partial charge in [0.1, 0.15) is 11.5 Å². The first-order chi connectivity index (χ1) is 16.0. The van der Waals surface area contributed by atoms with Gasteiger partial charge in [-0.3, -0.25) is 4.79 Å². The van der Waals surface area contributed by atoms with Gasteiger partial charge in [0, 0.05) is 16.5 Å². The van der Waals surface area contributed by atoms with Crippen molar-refractivity contribution in [1.82, 2.24) is 0 Å². The lowest BCUT2D eigenvalue weighted by molar-refractivity contribution is 0.104. The Labute approximate surface area is 200 Å². The molecule has 4 aromatic carbocycles. The van der Waals surface area contributed by atoms with Crippen molar-refractivity contribution in [1.29, 1.82) is 0 Å². The SMILES string of the molecule is COc1ccc2c(C(=O)c3ccc(OCCBr)cc3)c(-c3ccc(OC)c(F)c3)ccc2c1. The van der Waals surface area contributed by atoms with E-state index in [-0.39, 0.29) is 11.5 Å². The van der Waals surface area contributed by atoms with Crippen LogP contribution >= 0.6 is 15.9 Å². The first kappa shape index (κ1) is 22.8. The van der Waals surface area contributed by atoms with Crippen LogP contribution in [0, 0.1) is 5.82 Å². The van der Waals surface area contributed by atoms with E-state index in [0.29, 0.717) is 40.4 Å². The molecule has 0 amide bonds. The van der Waals surface area contributed by atoms with Crippen molar-refractivity contribution in [2.24, 2.45) is 0 Å². The van der Waals surface area contributed by atoms with Crippen molar-refractivity contribution < 1.29 is 23.4 Å². The number of ether oxygens (including phenoxy) is 3. The fraction of sp³-hybridized carbons (Fsp3) is 0.148. The van der Waals surface area contributed by atoms with E-state index in [4.69, 9.17) is 14.2 Å². The molecule has 0 aliphatic carbocycles. The normalized spacial score (nSPS) is 10.8. The quantitative estimate of drug-likeness (QED) is 0.197. The summed E-state index contributed by atoms with van der Waals surface area (Å²) in [5, 5.41) is 2.33. The van der Waals surface area contributed by atoms with E-state index < -0.39 is 5.82 Å². The van der Waals surface area contributed by atoms with Gasteiger partial charge in [0.05, 0.1) is 20.8 Å². The third-order valence-corrected chi connectivity index (χ3v) is 5.70. The average Bonchev–Trinajstić information content (AvgIpc) is 2.86. The van der Waals surface area contributed by atoms with Crippen molar-refractivity contribution in [2.45, 2.75) is 0 Å². The van der Waals surface area contributed by atoms with Crippen molar-refractivity contribution in [3.05, 3.63) is 89.7 Å². The molecule has 0 fully saturated rings. The molecular weight excluding hydrogens is 487 g/mol. The number of hydrogen-bond acceptors (Lipinski definition) is 4. The fourth-order valence-corrected chi connectivity index (χ4v) is 3.92. The third kappa shape index (κ3) is 4.71. The zero-order valence-electron chi connectivity index (χ0n) is 18.2. The maximum Gasteiger partial charge on any atom is 0.194 e. The predicted octanol–water partition coefficient (Wildman–Crippen LogP) is 6.67. The number of fused-ring (bicyclic) bond motifs is 1. The molecule has 6 heteroatoms. The third-order valence-electron chi connectivity index (χ3n) is 5.38. The lowest BCUT2D eigenvalue weighted by Crippen LogP contribution is -2.06. The molecule has 0 aromatic heterocycles. The molecule has 4 aromatic rings. The number of rotatable bonds is 8. The number of halogens is 2. The highest BCUT2D eigenvalue weighted by Crippen LogP contribution is 2.35. The van der Waals surface area contributed by atoms with Crippen LogP contribution in [0.4, 0.5) is 4.39 Å². The van der Waals surface area contributed by atoms with E-state index in [9.17, 15) is 9.18 Å². The second-order valence-electron chi connectivity index (χ2n) is 7.32. The first-order valence-corrected chi connectivity index (χ1v) is 11.5. The fourth-order valence-electron chi connectivity index (χ4n) is 3.76. The summed E-state index contributed by atoms with van der Waals surface area (Å²) < 4.78 is 30.5. The van der Waals surface area contributed by atoms with Crippen LogP contribution in [-0.2, 0) is 0 Å². The number of benzene rings is 4. The van der Waals surface area contributed by atoms with E-state index >= 15 is 0 Å². The largest absolute Gasteiger partial charge is 0.497 e. The second-order valence-corrected chi connectivity index (χ2v) is 8.11. The molecule has 0 aliphatic heterocycles. The molecular formula is C27H22BrFO4. The van der Waals surface area contributed by atoms with Gasteiger partial charge in [0.15, 0.2) is 17.3 Å². The predicted molar refractivity (Wildman–Crippen MR) is 132 cm³/mol. The molecule has 4 nitrogen and oxygen atoms in total. The maximum absolute atomic E-state index is 14.5. The van der Waals surface area contributed by atoms with E-state index in [1.54, 1.807) is 43.5 Å². The van der Waals surface area contributed by atoms with E-state index in [0.717, 1.165) is 16.1 Å². The Morgan fingerprint density at radius 1 is 0.879 bits per heavy atom.